The molecule has 1 unspecified atom stereocenters. The van der Waals surface area contributed by atoms with E-state index in [9.17, 15) is 0 Å². The molecule has 0 aliphatic rings. The Bertz CT molecular complexity index is 354. The second-order valence-electron chi connectivity index (χ2n) is 5.90. The molecule has 2 nitrogen and oxygen atoms in total. The molecule has 18 heavy (non-hydrogen) atoms. The molecule has 1 atom stereocenters. The van der Waals surface area contributed by atoms with E-state index in [4.69, 9.17) is 4.74 Å². The van der Waals surface area contributed by atoms with Crippen LogP contribution in [0.5, 0.6) is 0 Å². The van der Waals surface area contributed by atoms with Crippen LogP contribution in [0.1, 0.15) is 44.7 Å². The summed E-state index contributed by atoms with van der Waals surface area (Å²) >= 11 is 0. The number of hydrogen-bond acceptors (Lipinski definition) is 2. The number of benzene rings is 1. The van der Waals surface area contributed by atoms with Crippen molar-refractivity contribution in [3.8, 4) is 0 Å². The molecule has 0 bridgehead atoms. The molecule has 0 radical (unpaired) electrons. The fourth-order valence-electron chi connectivity index (χ4n) is 1.89. The Balaban J connectivity index is 2.71. The van der Waals surface area contributed by atoms with Crippen LogP contribution >= 0.6 is 0 Å². The first kappa shape index (κ1) is 15.2. The second-order valence-corrected chi connectivity index (χ2v) is 5.90. The van der Waals surface area contributed by atoms with Crippen LogP contribution in [-0.4, -0.2) is 25.3 Å². The fraction of sp³-hybridized carbons (Fsp3) is 0.625. The third kappa shape index (κ3) is 5.65. The summed E-state index contributed by atoms with van der Waals surface area (Å²) in [5, 5.41) is 3.57. The molecule has 1 N–H and O–H groups in total. The highest BCUT2D eigenvalue weighted by Gasteiger charge is 2.16. The zero-order chi connectivity index (χ0) is 13.6. The standard InChI is InChI=1S/C16H27NO/c1-6-18-12-15(11-17-16(3,4)5)14-9-7-8-13(2)10-14/h7-10,15,17H,6,11-12H2,1-5H3. The maximum atomic E-state index is 5.62. The van der Waals surface area contributed by atoms with Gasteiger partial charge in [-0.15, -0.1) is 0 Å². The van der Waals surface area contributed by atoms with E-state index >= 15 is 0 Å². The molecule has 1 aromatic carbocycles. The summed E-state index contributed by atoms with van der Waals surface area (Å²) in [6.45, 7) is 13.3. The van der Waals surface area contributed by atoms with Crippen molar-refractivity contribution >= 4 is 0 Å². The number of hydrogen-bond donors (Lipinski definition) is 1. The van der Waals surface area contributed by atoms with Crippen molar-refractivity contribution in [2.45, 2.75) is 46.1 Å². The van der Waals surface area contributed by atoms with Crippen molar-refractivity contribution in [3.63, 3.8) is 0 Å². The minimum absolute atomic E-state index is 0.147. The van der Waals surface area contributed by atoms with Gasteiger partial charge in [0.15, 0.2) is 0 Å². The average molecular weight is 249 g/mol. The van der Waals surface area contributed by atoms with Crippen molar-refractivity contribution in [2.75, 3.05) is 19.8 Å². The number of nitrogens with one attached hydrogen (secondary N) is 1. The molecular formula is C16H27NO. The summed E-state index contributed by atoms with van der Waals surface area (Å²) in [5.74, 6) is 0.420. The maximum absolute atomic E-state index is 5.62. The predicted molar refractivity (Wildman–Crippen MR) is 78.2 cm³/mol. The van der Waals surface area contributed by atoms with Crippen LogP contribution in [0.4, 0.5) is 0 Å². The van der Waals surface area contributed by atoms with Crippen molar-refractivity contribution in [1.82, 2.24) is 5.32 Å². The first-order chi connectivity index (χ1) is 8.42. The molecule has 0 aliphatic heterocycles. The third-order valence-corrected chi connectivity index (χ3v) is 2.92. The lowest BCUT2D eigenvalue weighted by molar-refractivity contribution is 0.129. The van der Waals surface area contributed by atoms with Crippen LogP contribution in [0.3, 0.4) is 0 Å². The van der Waals surface area contributed by atoms with E-state index in [0.717, 1.165) is 19.8 Å². The van der Waals surface area contributed by atoms with E-state index in [-0.39, 0.29) is 5.54 Å². The number of rotatable bonds is 6. The van der Waals surface area contributed by atoms with Crippen LogP contribution in [0.25, 0.3) is 0 Å². The van der Waals surface area contributed by atoms with Gasteiger partial charge in [-0.2, -0.15) is 0 Å². The highest BCUT2D eigenvalue weighted by molar-refractivity contribution is 5.26. The van der Waals surface area contributed by atoms with E-state index in [1.807, 2.05) is 6.92 Å². The van der Waals surface area contributed by atoms with Crippen molar-refractivity contribution in [2.24, 2.45) is 0 Å². The Morgan fingerprint density at radius 3 is 2.56 bits per heavy atom. The van der Waals surface area contributed by atoms with E-state index in [1.54, 1.807) is 0 Å². The van der Waals surface area contributed by atoms with Gasteiger partial charge in [0.05, 0.1) is 6.61 Å². The molecule has 0 amide bonds. The molecule has 0 spiro atoms. The lowest BCUT2D eigenvalue weighted by Gasteiger charge is -2.25. The summed E-state index contributed by atoms with van der Waals surface area (Å²) in [5.41, 5.74) is 2.82. The Hall–Kier alpha value is -0.860. The minimum Gasteiger partial charge on any atom is -0.381 e. The lowest BCUT2D eigenvalue weighted by Crippen LogP contribution is -2.39. The zero-order valence-corrected chi connectivity index (χ0v) is 12.4. The predicted octanol–water partition coefficient (Wildman–Crippen LogP) is 3.50. The van der Waals surface area contributed by atoms with E-state index < -0.39 is 0 Å². The van der Waals surface area contributed by atoms with Gasteiger partial charge in [0.1, 0.15) is 0 Å². The van der Waals surface area contributed by atoms with E-state index in [1.165, 1.54) is 11.1 Å². The Labute approximate surface area is 112 Å². The summed E-state index contributed by atoms with van der Waals surface area (Å²) in [6, 6.07) is 8.72. The average Bonchev–Trinajstić information content (AvgIpc) is 2.28. The fourth-order valence-corrected chi connectivity index (χ4v) is 1.89. The van der Waals surface area contributed by atoms with Gasteiger partial charge < -0.3 is 10.1 Å². The van der Waals surface area contributed by atoms with Crippen LogP contribution in [0.2, 0.25) is 0 Å². The quantitative estimate of drug-likeness (QED) is 0.833. The molecule has 0 heterocycles. The first-order valence-electron chi connectivity index (χ1n) is 6.81. The normalized spacial score (nSPS) is 13.6. The lowest BCUT2D eigenvalue weighted by atomic mass is 9.97. The van der Waals surface area contributed by atoms with Gasteiger partial charge in [0.2, 0.25) is 0 Å². The summed E-state index contributed by atoms with van der Waals surface area (Å²) in [4.78, 5) is 0. The van der Waals surface area contributed by atoms with Gasteiger partial charge in [-0.25, -0.2) is 0 Å². The molecule has 0 saturated carbocycles. The number of aryl methyl sites for hydroxylation is 1. The third-order valence-electron chi connectivity index (χ3n) is 2.92. The Morgan fingerprint density at radius 1 is 1.28 bits per heavy atom. The molecule has 1 aromatic rings. The molecule has 0 aromatic heterocycles. The maximum Gasteiger partial charge on any atom is 0.0546 e. The van der Waals surface area contributed by atoms with Gasteiger partial charge in [0.25, 0.3) is 0 Å². The minimum atomic E-state index is 0.147. The van der Waals surface area contributed by atoms with Gasteiger partial charge in [-0.3, -0.25) is 0 Å². The largest absolute Gasteiger partial charge is 0.381 e. The van der Waals surface area contributed by atoms with Gasteiger partial charge in [-0.05, 0) is 40.2 Å². The first-order valence-corrected chi connectivity index (χ1v) is 6.81. The van der Waals surface area contributed by atoms with Crippen molar-refractivity contribution < 1.29 is 4.74 Å². The molecule has 0 aliphatic carbocycles. The van der Waals surface area contributed by atoms with E-state index in [2.05, 4.69) is 57.3 Å². The topological polar surface area (TPSA) is 21.3 Å². The van der Waals surface area contributed by atoms with E-state index in [0.29, 0.717) is 5.92 Å². The van der Waals surface area contributed by atoms with Crippen LogP contribution in [0, 0.1) is 6.92 Å². The summed E-state index contributed by atoms with van der Waals surface area (Å²) < 4.78 is 5.62. The Kier molecular flexibility index (Phi) is 5.83. The second kappa shape index (κ2) is 6.91. The Morgan fingerprint density at radius 2 is 2.00 bits per heavy atom. The highest BCUT2D eigenvalue weighted by atomic mass is 16.5. The molecule has 2 heteroatoms. The van der Waals surface area contributed by atoms with Crippen molar-refractivity contribution in [3.05, 3.63) is 35.4 Å². The zero-order valence-electron chi connectivity index (χ0n) is 12.4. The summed E-state index contributed by atoms with van der Waals surface area (Å²) in [7, 11) is 0. The molecule has 1 rings (SSSR count). The van der Waals surface area contributed by atoms with Gasteiger partial charge in [-0.1, -0.05) is 29.8 Å². The molecular weight excluding hydrogens is 222 g/mol. The van der Waals surface area contributed by atoms with Crippen molar-refractivity contribution in [1.29, 1.82) is 0 Å². The van der Waals surface area contributed by atoms with Gasteiger partial charge >= 0.3 is 0 Å². The van der Waals surface area contributed by atoms with Crippen LogP contribution in [-0.2, 0) is 4.74 Å². The SMILES string of the molecule is CCOCC(CNC(C)(C)C)c1cccc(C)c1. The van der Waals surface area contributed by atoms with Gasteiger partial charge in [0, 0.05) is 24.6 Å². The van der Waals surface area contributed by atoms with Crippen LogP contribution < -0.4 is 5.32 Å². The van der Waals surface area contributed by atoms with Crippen LogP contribution in [0.15, 0.2) is 24.3 Å². The monoisotopic (exact) mass is 249 g/mol. The number of ether oxygens (including phenoxy) is 1. The summed E-state index contributed by atoms with van der Waals surface area (Å²) in [6.07, 6.45) is 0. The molecule has 102 valence electrons. The smallest absolute Gasteiger partial charge is 0.0546 e. The molecule has 0 saturated heterocycles. The highest BCUT2D eigenvalue weighted by Crippen LogP contribution is 2.18. The molecule has 0 fully saturated rings.